The molecule has 1 amide bonds. The van der Waals surface area contributed by atoms with E-state index in [1.807, 2.05) is 34.8 Å². The fourth-order valence-electron chi connectivity index (χ4n) is 7.43. The number of rotatable bonds is 5. The number of nitrogens with zero attached hydrogens (tertiary/aromatic N) is 6. The summed E-state index contributed by atoms with van der Waals surface area (Å²) in [5.41, 5.74) is 3.58. The number of aromatic amines is 1. The molecule has 4 aromatic heterocycles. The van der Waals surface area contributed by atoms with Gasteiger partial charge in [-0.25, -0.2) is 13.9 Å². The summed E-state index contributed by atoms with van der Waals surface area (Å²) in [6.45, 7) is 4.14. The monoisotopic (exact) mass is 571 g/mol. The summed E-state index contributed by atoms with van der Waals surface area (Å²) in [5, 5.41) is 12.8. The van der Waals surface area contributed by atoms with Gasteiger partial charge in [-0.1, -0.05) is 17.7 Å². The fraction of sp³-hybridized carbons (Fsp3) is 0.333. The molecule has 9 nitrogen and oxygen atoms in total. The summed E-state index contributed by atoms with van der Waals surface area (Å²) >= 11 is 6.25. The number of ether oxygens (including phenoxy) is 1. The standard InChI is InChI=1S/C30H27ClFN7O2/c1-2-41-17-10-18(28-19-12-34-35-29(19)36-38(28)13-17)16-6-9-26(33-11-16)37-14-20-21(15-37)25-8-7-24(20)39(25)30(40)27-22(31)4-3-5-23(27)32/h3-6,9-13,20-21,24-25H,2,7-8,14-15H2,1H3,(H,35,36)/t20-,21?,24?,25?/m0/s1. The number of benzene rings is 1. The number of hydrogen-bond donors (Lipinski definition) is 1. The van der Waals surface area contributed by atoms with Gasteiger partial charge in [0.05, 0.1) is 40.5 Å². The molecule has 1 N–H and O–H groups in total. The first-order valence-electron chi connectivity index (χ1n) is 14.0. The van der Waals surface area contributed by atoms with Crippen LogP contribution in [0.5, 0.6) is 5.75 Å². The Bertz CT molecular complexity index is 1780. The molecule has 8 rings (SSSR count). The fourth-order valence-corrected chi connectivity index (χ4v) is 7.68. The van der Waals surface area contributed by atoms with E-state index in [1.165, 1.54) is 12.1 Å². The number of carbonyl (C=O) groups excluding carboxylic acids is 1. The van der Waals surface area contributed by atoms with Gasteiger partial charge in [0.2, 0.25) is 0 Å². The van der Waals surface area contributed by atoms with Gasteiger partial charge in [-0.15, -0.1) is 5.10 Å². The number of aromatic nitrogens is 5. The third kappa shape index (κ3) is 3.66. The van der Waals surface area contributed by atoms with E-state index in [2.05, 4.69) is 32.3 Å². The minimum atomic E-state index is -0.557. The second kappa shape index (κ2) is 9.17. The topological polar surface area (TPSA) is 91.6 Å². The average molecular weight is 572 g/mol. The van der Waals surface area contributed by atoms with Gasteiger partial charge >= 0.3 is 0 Å². The lowest BCUT2D eigenvalue weighted by molar-refractivity contribution is 0.0706. The molecule has 7 heterocycles. The minimum absolute atomic E-state index is 0.00597. The van der Waals surface area contributed by atoms with E-state index < -0.39 is 5.82 Å². The van der Waals surface area contributed by atoms with Crippen molar-refractivity contribution in [3.63, 3.8) is 0 Å². The summed E-state index contributed by atoms with van der Waals surface area (Å²) in [5.74, 6) is 1.46. The van der Waals surface area contributed by atoms with Crippen molar-refractivity contribution in [2.75, 3.05) is 24.6 Å². The molecule has 3 saturated heterocycles. The van der Waals surface area contributed by atoms with Gasteiger partial charge in [-0.3, -0.25) is 9.89 Å². The normalized spacial score (nSPS) is 23.2. The Balaban J connectivity index is 1.06. The number of pyridine rings is 2. The Kier molecular flexibility index (Phi) is 5.50. The minimum Gasteiger partial charge on any atom is -0.492 e. The lowest BCUT2D eigenvalue weighted by atomic mass is 9.82. The lowest BCUT2D eigenvalue weighted by Crippen LogP contribution is -2.40. The zero-order chi connectivity index (χ0) is 27.8. The van der Waals surface area contributed by atoms with Crippen LogP contribution in [0.25, 0.3) is 27.7 Å². The van der Waals surface area contributed by atoms with Crippen molar-refractivity contribution in [2.24, 2.45) is 11.8 Å². The average Bonchev–Trinajstić information content (AvgIpc) is 3.77. The van der Waals surface area contributed by atoms with Gasteiger partial charge in [-0.2, -0.15) is 5.10 Å². The molecule has 3 aliphatic heterocycles. The largest absolute Gasteiger partial charge is 0.492 e. The van der Waals surface area contributed by atoms with Crippen molar-refractivity contribution in [2.45, 2.75) is 31.8 Å². The van der Waals surface area contributed by atoms with Crippen LogP contribution in [0.4, 0.5) is 10.2 Å². The lowest BCUT2D eigenvalue weighted by Gasteiger charge is -2.28. The Morgan fingerprint density at radius 2 is 1.95 bits per heavy atom. The van der Waals surface area contributed by atoms with Gasteiger partial charge in [-0.05, 0) is 50.1 Å². The van der Waals surface area contributed by atoms with E-state index in [1.54, 1.807) is 12.3 Å². The predicted molar refractivity (Wildman–Crippen MR) is 153 cm³/mol. The highest BCUT2D eigenvalue weighted by Crippen LogP contribution is 2.50. The summed E-state index contributed by atoms with van der Waals surface area (Å²) in [6.07, 6.45) is 7.43. The number of H-pyrrole nitrogens is 1. The number of nitrogens with one attached hydrogen (secondary N) is 1. The summed E-state index contributed by atoms with van der Waals surface area (Å²) in [7, 11) is 0. The van der Waals surface area contributed by atoms with Crippen molar-refractivity contribution in [3.8, 4) is 16.9 Å². The van der Waals surface area contributed by atoms with Crippen LogP contribution in [0.3, 0.4) is 0 Å². The Labute approximate surface area is 239 Å². The first kappa shape index (κ1) is 24.6. The van der Waals surface area contributed by atoms with Crippen LogP contribution in [0.1, 0.15) is 30.1 Å². The van der Waals surface area contributed by atoms with Gasteiger partial charge in [0.25, 0.3) is 5.91 Å². The smallest absolute Gasteiger partial charge is 0.258 e. The second-order valence-electron chi connectivity index (χ2n) is 11.1. The van der Waals surface area contributed by atoms with E-state index in [9.17, 15) is 9.18 Å². The highest BCUT2D eigenvalue weighted by atomic mass is 35.5. The molecule has 0 saturated carbocycles. The van der Waals surface area contributed by atoms with E-state index >= 15 is 0 Å². The molecule has 208 valence electrons. The van der Waals surface area contributed by atoms with Crippen LogP contribution >= 0.6 is 11.6 Å². The van der Waals surface area contributed by atoms with Crippen LogP contribution in [0, 0.1) is 17.7 Å². The highest BCUT2D eigenvalue weighted by molar-refractivity contribution is 6.33. The van der Waals surface area contributed by atoms with Gasteiger partial charge in [0.15, 0.2) is 5.65 Å². The number of halogens is 2. The third-order valence-electron chi connectivity index (χ3n) is 9.08. The molecule has 2 bridgehead atoms. The molecule has 1 aromatic carbocycles. The van der Waals surface area contributed by atoms with Crippen molar-refractivity contribution in [1.29, 1.82) is 0 Å². The molecule has 4 atom stereocenters. The van der Waals surface area contributed by atoms with E-state index in [-0.39, 0.29) is 28.6 Å². The SMILES string of the molecule is CCOc1cc(-c2ccc(N3CC4C5CCC([C@H]4C3)N5C(=O)c3c(F)cccc3Cl)nc2)c2c3cn[nH]c3nn2c1. The molecule has 0 spiro atoms. The molecule has 0 aliphatic carbocycles. The molecule has 11 heteroatoms. The zero-order valence-electron chi connectivity index (χ0n) is 22.3. The predicted octanol–water partition coefficient (Wildman–Crippen LogP) is 5.20. The maximum Gasteiger partial charge on any atom is 0.258 e. The molecule has 3 aliphatic rings. The number of carbonyl (C=O) groups is 1. The second-order valence-corrected chi connectivity index (χ2v) is 11.5. The van der Waals surface area contributed by atoms with Crippen molar-refractivity contribution in [1.82, 2.24) is 29.7 Å². The first-order valence-corrected chi connectivity index (χ1v) is 14.4. The van der Waals surface area contributed by atoms with Gasteiger partial charge in [0, 0.05) is 54.3 Å². The molecular formula is C30H27ClFN7O2. The Morgan fingerprint density at radius 1 is 1.15 bits per heavy atom. The number of amides is 1. The van der Waals surface area contributed by atoms with Crippen molar-refractivity contribution in [3.05, 3.63) is 71.4 Å². The molecule has 3 fully saturated rings. The molecule has 5 aromatic rings. The Hall–Kier alpha value is -4.18. The summed E-state index contributed by atoms with van der Waals surface area (Å²) < 4.78 is 22.2. The molecule has 3 unspecified atom stereocenters. The first-order chi connectivity index (χ1) is 20.0. The van der Waals surface area contributed by atoms with Crippen LogP contribution in [-0.2, 0) is 0 Å². The van der Waals surface area contributed by atoms with Gasteiger partial charge in [0.1, 0.15) is 17.4 Å². The van der Waals surface area contributed by atoms with E-state index in [4.69, 9.17) is 21.3 Å². The van der Waals surface area contributed by atoms with Crippen LogP contribution in [-0.4, -0.2) is 67.4 Å². The molecule has 0 radical (unpaired) electrons. The third-order valence-corrected chi connectivity index (χ3v) is 9.40. The maximum absolute atomic E-state index is 14.6. The summed E-state index contributed by atoms with van der Waals surface area (Å²) in [4.78, 5) is 22.6. The van der Waals surface area contributed by atoms with Crippen LogP contribution in [0.15, 0.2) is 55.0 Å². The molecular weight excluding hydrogens is 545 g/mol. The Morgan fingerprint density at radius 3 is 2.66 bits per heavy atom. The van der Waals surface area contributed by atoms with Crippen molar-refractivity contribution >= 4 is 39.9 Å². The van der Waals surface area contributed by atoms with E-state index in [0.29, 0.717) is 24.1 Å². The van der Waals surface area contributed by atoms with Crippen LogP contribution < -0.4 is 9.64 Å². The summed E-state index contributed by atoms with van der Waals surface area (Å²) in [6, 6.07) is 10.8. The highest BCUT2D eigenvalue weighted by Gasteiger charge is 2.58. The van der Waals surface area contributed by atoms with Gasteiger partial charge < -0.3 is 14.5 Å². The maximum atomic E-state index is 14.6. The number of hydrogen-bond acceptors (Lipinski definition) is 6. The zero-order valence-corrected chi connectivity index (χ0v) is 23.1. The van der Waals surface area contributed by atoms with Crippen LogP contribution in [0.2, 0.25) is 5.02 Å². The number of fused-ring (bicyclic) bond motifs is 8. The molecule has 41 heavy (non-hydrogen) atoms. The van der Waals surface area contributed by atoms with E-state index in [0.717, 1.165) is 59.5 Å². The quantitative estimate of drug-likeness (QED) is 0.312. The number of anilines is 1. The van der Waals surface area contributed by atoms with Crippen molar-refractivity contribution < 1.29 is 13.9 Å².